The topological polar surface area (TPSA) is 119 Å². The van der Waals surface area contributed by atoms with Crippen LogP contribution in [0, 0.1) is 0 Å². The summed E-state index contributed by atoms with van der Waals surface area (Å²) in [7, 11) is 0. The molecule has 0 unspecified atom stereocenters. The molecule has 1 aromatic heterocycles. The van der Waals surface area contributed by atoms with Crippen LogP contribution < -0.4 is 0 Å². The molecule has 0 aliphatic rings. The van der Waals surface area contributed by atoms with Crippen LogP contribution in [-0.2, 0) is 26.4 Å². The maximum atomic E-state index is 9.85. The lowest BCUT2D eigenvalue weighted by atomic mass is 9.80. The highest BCUT2D eigenvalue weighted by atomic mass is 16.3. The van der Waals surface area contributed by atoms with Gasteiger partial charge in [-0.2, -0.15) is 0 Å². The van der Waals surface area contributed by atoms with E-state index in [1.807, 2.05) is 80.6 Å². The smallest absolute Gasteiger partial charge is 0.0849 e. The predicted molar refractivity (Wildman–Crippen MR) is 289 cm³/mol. The van der Waals surface area contributed by atoms with Gasteiger partial charge in [-0.15, -0.1) is 0 Å². The van der Waals surface area contributed by atoms with Crippen LogP contribution in [0.1, 0.15) is 194 Å². The first-order chi connectivity index (χ1) is 33.6. The molecule has 0 radical (unpaired) electrons. The molecule has 70 heavy (non-hydrogen) atoms. The first-order valence-electron chi connectivity index (χ1n) is 24.9. The zero-order valence-corrected chi connectivity index (χ0v) is 42.7. The standard InChI is InChI=1S/C63H71N3O4/c1-38(2)54-30-52(60(48-22-14-44(34-67)15-23-48)49-24-16-45(35-68)17-25-49)31-55(39(3)4)62(54)64-42(9)58-12-11-13-59(66-58)43(10)65-63-56(40(5)6)32-53(33-57(63)41(7)8)61(50-26-18-46(36-69)19-27-50)51-28-20-47(37-70)21-29-51/h11-33,38-41,60-61,67-70H,34-37H2,1-10H3. The summed E-state index contributed by atoms with van der Waals surface area (Å²) in [5, 5.41) is 39.4. The van der Waals surface area contributed by atoms with Crippen LogP contribution in [0.2, 0.25) is 0 Å². The summed E-state index contributed by atoms with van der Waals surface area (Å²) in [4.78, 5) is 16.1. The Labute approximate surface area is 416 Å². The zero-order valence-electron chi connectivity index (χ0n) is 42.7. The third-order valence-electron chi connectivity index (χ3n) is 13.6. The summed E-state index contributed by atoms with van der Waals surface area (Å²) in [5.74, 6) is 0.564. The van der Waals surface area contributed by atoms with Crippen LogP contribution in [-0.4, -0.2) is 36.8 Å². The summed E-state index contributed by atoms with van der Waals surface area (Å²) >= 11 is 0. The second-order valence-electron chi connectivity index (χ2n) is 20.0. The highest BCUT2D eigenvalue weighted by molar-refractivity contribution is 6.02. The second-order valence-corrected chi connectivity index (χ2v) is 20.0. The van der Waals surface area contributed by atoms with Gasteiger partial charge in [-0.05, 0) is 128 Å². The van der Waals surface area contributed by atoms with E-state index in [1.165, 1.54) is 11.1 Å². The molecule has 4 N–H and O–H groups in total. The van der Waals surface area contributed by atoms with Crippen molar-refractivity contribution in [2.45, 2.75) is 131 Å². The Morgan fingerprint density at radius 3 is 0.829 bits per heavy atom. The van der Waals surface area contributed by atoms with Crippen molar-refractivity contribution >= 4 is 22.8 Å². The van der Waals surface area contributed by atoms with Crippen LogP contribution in [0.5, 0.6) is 0 Å². The molecule has 0 aliphatic carbocycles. The number of nitrogens with zero attached hydrogens (tertiary/aromatic N) is 3. The molecule has 0 saturated heterocycles. The zero-order chi connectivity index (χ0) is 50.2. The number of aliphatic hydroxyl groups excluding tert-OH is 4. The average Bonchev–Trinajstić information content (AvgIpc) is 3.37. The van der Waals surface area contributed by atoms with Gasteiger partial charge in [0.25, 0.3) is 0 Å². The fraction of sp³-hybridized carbons (Fsp3) is 0.317. The number of aliphatic hydroxyl groups is 4. The Bertz CT molecular complexity index is 2580. The molecule has 0 atom stereocenters. The number of pyridine rings is 1. The van der Waals surface area contributed by atoms with Crippen molar-refractivity contribution < 1.29 is 20.4 Å². The van der Waals surface area contributed by atoms with E-state index >= 15 is 0 Å². The minimum absolute atomic E-state index is 0.0117. The van der Waals surface area contributed by atoms with Gasteiger partial charge in [0.05, 0.1) is 60.6 Å². The maximum absolute atomic E-state index is 9.85. The summed E-state index contributed by atoms with van der Waals surface area (Å²) in [6, 6.07) is 48.2. The predicted octanol–water partition coefficient (Wildman–Crippen LogP) is 14.2. The SMILES string of the molecule is CC(=Nc1c(C(C)C)cc(C(c2ccc(CO)cc2)c2ccc(CO)cc2)cc1C(C)C)c1cccc(C(C)=Nc2c(C(C)C)cc(C(c3ccc(CO)cc3)c3ccc(CO)cc3)cc2C(C)C)n1. The molecule has 7 heteroatoms. The molecule has 0 fully saturated rings. The third-order valence-corrected chi connectivity index (χ3v) is 13.6. The van der Waals surface area contributed by atoms with E-state index in [1.54, 1.807) is 0 Å². The Morgan fingerprint density at radius 1 is 0.371 bits per heavy atom. The van der Waals surface area contributed by atoms with Crippen LogP contribution in [0.15, 0.2) is 150 Å². The lowest BCUT2D eigenvalue weighted by Crippen LogP contribution is -2.09. The van der Waals surface area contributed by atoms with Gasteiger partial charge >= 0.3 is 0 Å². The van der Waals surface area contributed by atoms with Gasteiger partial charge in [-0.3, -0.25) is 9.98 Å². The van der Waals surface area contributed by atoms with Gasteiger partial charge < -0.3 is 20.4 Å². The fourth-order valence-electron chi connectivity index (χ4n) is 9.46. The monoisotopic (exact) mass is 934 g/mol. The molecule has 7 rings (SSSR count). The van der Waals surface area contributed by atoms with Crippen molar-refractivity contribution in [2.75, 3.05) is 0 Å². The quantitative estimate of drug-likeness (QED) is 0.0505. The van der Waals surface area contributed by atoms with Gasteiger partial charge in [-0.1, -0.05) is 183 Å². The molecule has 0 saturated carbocycles. The lowest BCUT2D eigenvalue weighted by Gasteiger charge is -2.25. The van der Waals surface area contributed by atoms with E-state index in [0.29, 0.717) is 0 Å². The number of hydrogen-bond acceptors (Lipinski definition) is 7. The highest BCUT2D eigenvalue weighted by Crippen LogP contribution is 2.44. The number of hydrogen-bond donors (Lipinski definition) is 4. The molecule has 6 aromatic carbocycles. The molecule has 0 spiro atoms. The third kappa shape index (κ3) is 11.6. The Kier molecular flexibility index (Phi) is 17.0. The Balaban J connectivity index is 1.30. The molecular formula is C63H71N3O4. The largest absolute Gasteiger partial charge is 0.392 e. The van der Waals surface area contributed by atoms with Crippen molar-refractivity contribution in [1.82, 2.24) is 4.98 Å². The van der Waals surface area contributed by atoms with Crippen molar-refractivity contribution in [1.29, 1.82) is 0 Å². The molecule has 7 nitrogen and oxygen atoms in total. The van der Waals surface area contributed by atoms with Gasteiger partial charge in [0.15, 0.2) is 0 Å². The molecule has 0 bridgehead atoms. The van der Waals surface area contributed by atoms with E-state index in [4.69, 9.17) is 15.0 Å². The van der Waals surface area contributed by atoms with Gasteiger partial charge in [0, 0.05) is 11.8 Å². The number of rotatable bonds is 18. The van der Waals surface area contributed by atoms with Crippen molar-refractivity contribution in [2.24, 2.45) is 9.98 Å². The molecule has 0 aliphatic heterocycles. The number of aromatic nitrogens is 1. The summed E-state index contributed by atoms with van der Waals surface area (Å²) in [6.45, 7) is 21.9. The van der Waals surface area contributed by atoms with E-state index in [-0.39, 0.29) is 61.9 Å². The molecule has 7 aromatic rings. The summed E-state index contributed by atoms with van der Waals surface area (Å²) < 4.78 is 0. The van der Waals surface area contributed by atoms with Crippen molar-refractivity contribution in [3.63, 3.8) is 0 Å². The minimum Gasteiger partial charge on any atom is -0.392 e. The van der Waals surface area contributed by atoms with Gasteiger partial charge in [-0.25, -0.2) is 4.98 Å². The van der Waals surface area contributed by atoms with E-state index in [9.17, 15) is 20.4 Å². The van der Waals surface area contributed by atoms with Crippen LogP contribution in [0.4, 0.5) is 11.4 Å². The first-order valence-corrected chi connectivity index (χ1v) is 24.9. The van der Waals surface area contributed by atoms with Crippen LogP contribution >= 0.6 is 0 Å². The molecule has 362 valence electrons. The second kappa shape index (κ2) is 23.0. The van der Waals surface area contributed by atoms with Gasteiger partial charge in [0.1, 0.15) is 0 Å². The average molecular weight is 934 g/mol. The number of benzene rings is 6. The van der Waals surface area contributed by atoms with Crippen molar-refractivity contribution in [3.05, 3.63) is 229 Å². The Hall–Kier alpha value is -6.35. The maximum Gasteiger partial charge on any atom is 0.0849 e. The highest BCUT2D eigenvalue weighted by Gasteiger charge is 2.25. The van der Waals surface area contributed by atoms with Crippen LogP contribution in [0.3, 0.4) is 0 Å². The summed E-state index contributed by atoms with van der Waals surface area (Å²) in [5.41, 5.74) is 20.1. The normalized spacial score (nSPS) is 12.5. The first kappa shape index (κ1) is 51.5. The Morgan fingerprint density at radius 2 is 0.614 bits per heavy atom. The minimum atomic E-state index is -0.0742. The number of aliphatic imine (C=N–C) groups is 2. The van der Waals surface area contributed by atoms with E-state index < -0.39 is 0 Å². The van der Waals surface area contributed by atoms with E-state index in [2.05, 4.69) is 128 Å². The van der Waals surface area contributed by atoms with E-state index in [0.717, 1.165) is 101 Å². The molecule has 0 amide bonds. The van der Waals surface area contributed by atoms with Gasteiger partial charge in [0.2, 0.25) is 0 Å². The lowest BCUT2D eigenvalue weighted by molar-refractivity contribution is 0.281. The molecule has 1 heterocycles. The van der Waals surface area contributed by atoms with Crippen LogP contribution in [0.25, 0.3) is 0 Å². The fourth-order valence-corrected chi connectivity index (χ4v) is 9.46. The molecular weight excluding hydrogens is 863 g/mol. The summed E-state index contributed by atoms with van der Waals surface area (Å²) in [6.07, 6.45) is 0. The van der Waals surface area contributed by atoms with Crippen molar-refractivity contribution in [3.8, 4) is 0 Å².